The number of nitrogens with one attached hydrogen (secondary N) is 1. The van der Waals surface area contributed by atoms with Gasteiger partial charge in [-0.3, -0.25) is 14.4 Å². The number of carbonyl (C=O) groups is 3. The van der Waals surface area contributed by atoms with E-state index in [-0.39, 0.29) is 16.3 Å². The van der Waals surface area contributed by atoms with Crippen LogP contribution in [0.25, 0.3) is 0 Å². The van der Waals surface area contributed by atoms with Gasteiger partial charge in [0.25, 0.3) is 5.91 Å². The van der Waals surface area contributed by atoms with Crippen LogP contribution in [0.4, 0.5) is 5.69 Å². The van der Waals surface area contributed by atoms with Gasteiger partial charge in [0.15, 0.2) is 0 Å². The molecule has 1 N–H and O–H groups in total. The van der Waals surface area contributed by atoms with E-state index in [2.05, 4.69) is 5.32 Å². The number of methoxy groups -OCH3 is 1. The van der Waals surface area contributed by atoms with Gasteiger partial charge in [-0.25, -0.2) is 0 Å². The third-order valence-electron chi connectivity index (χ3n) is 4.61. The Hall–Kier alpha value is -2.80. The fourth-order valence-electron chi connectivity index (χ4n) is 3.45. The summed E-state index contributed by atoms with van der Waals surface area (Å²) in [5, 5.41) is 2.50. The SMILES string of the molecule is COc1ccccc1C[C@@]1(OC(=O)CC(=O)SC(C)(C)C)C(=O)Nc2ccccc21. The topological polar surface area (TPSA) is 81.7 Å². The third kappa shape index (κ3) is 4.67. The van der Waals surface area contributed by atoms with Crippen molar-refractivity contribution in [1.29, 1.82) is 0 Å². The van der Waals surface area contributed by atoms with Gasteiger partial charge in [-0.1, -0.05) is 68.9 Å². The summed E-state index contributed by atoms with van der Waals surface area (Å²) in [6.45, 7) is 5.68. The molecule has 6 nitrogen and oxygen atoms in total. The van der Waals surface area contributed by atoms with Crippen molar-refractivity contribution in [2.45, 2.75) is 44.0 Å². The molecule has 2 aromatic carbocycles. The molecular weight excluding hydrogens is 402 g/mol. The molecule has 0 bridgehead atoms. The van der Waals surface area contributed by atoms with Crippen LogP contribution in [-0.2, 0) is 31.1 Å². The van der Waals surface area contributed by atoms with Crippen molar-refractivity contribution in [3.8, 4) is 5.75 Å². The van der Waals surface area contributed by atoms with Crippen LogP contribution in [0.15, 0.2) is 48.5 Å². The number of rotatable bonds is 6. The highest BCUT2D eigenvalue weighted by atomic mass is 32.2. The lowest BCUT2D eigenvalue weighted by atomic mass is 9.87. The van der Waals surface area contributed by atoms with Crippen molar-refractivity contribution < 1.29 is 23.9 Å². The molecule has 30 heavy (non-hydrogen) atoms. The quantitative estimate of drug-likeness (QED) is 0.553. The van der Waals surface area contributed by atoms with Crippen LogP contribution < -0.4 is 10.1 Å². The Morgan fingerprint density at radius 1 is 1.07 bits per heavy atom. The van der Waals surface area contributed by atoms with Crippen LogP contribution in [0.5, 0.6) is 5.75 Å². The van der Waals surface area contributed by atoms with E-state index in [1.54, 1.807) is 37.4 Å². The fourth-order valence-corrected chi connectivity index (χ4v) is 4.32. The minimum Gasteiger partial charge on any atom is -0.496 e. The van der Waals surface area contributed by atoms with Crippen LogP contribution in [-0.4, -0.2) is 28.8 Å². The Bertz CT molecular complexity index is 982. The standard InChI is InChI=1S/C23H25NO5S/c1-22(2,3)30-20(26)13-19(25)29-23(14-15-9-5-8-12-18(15)28-4)16-10-6-7-11-17(16)24-21(23)27/h5-12H,13-14H2,1-4H3,(H,24,27)/t23-/m0/s1. The average Bonchev–Trinajstić information content (AvgIpc) is 2.92. The van der Waals surface area contributed by atoms with Gasteiger partial charge in [-0.15, -0.1) is 0 Å². The number of hydrogen-bond acceptors (Lipinski definition) is 6. The van der Waals surface area contributed by atoms with Crippen molar-refractivity contribution in [3.63, 3.8) is 0 Å². The first kappa shape index (κ1) is 21.9. The molecule has 1 aliphatic heterocycles. The van der Waals surface area contributed by atoms with Crippen molar-refractivity contribution >= 4 is 34.4 Å². The van der Waals surface area contributed by atoms with Crippen LogP contribution in [0.2, 0.25) is 0 Å². The molecule has 0 saturated heterocycles. The number of thioether (sulfide) groups is 1. The molecule has 0 unspecified atom stereocenters. The zero-order valence-corrected chi connectivity index (χ0v) is 18.3. The van der Waals surface area contributed by atoms with E-state index < -0.39 is 23.9 Å². The lowest BCUT2D eigenvalue weighted by molar-refractivity contribution is -0.167. The molecule has 1 amide bonds. The molecule has 1 heterocycles. The molecule has 7 heteroatoms. The zero-order chi connectivity index (χ0) is 21.9. The maximum absolute atomic E-state index is 13.1. The lowest BCUT2D eigenvalue weighted by Gasteiger charge is -2.28. The summed E-state index contributed by atoms with van der Waals surface area (Å²) in [5.74, 6) is -0.596. The Kier molecular flexibility index (Phi) is 6.22. The molecule has 0 spiro atoms. The molecule has 1 aliphatic rings. The molecular formula is C23H25NO5S. The van der Waals surface area contributed by atoms with Gasteiger partial charge < -0.3 is 14.8 Å². The number of para-hydroxylation sites is 2. The van der Waals surface area contributed by atoms with Crippen LogP contribution >= 0.6 is 11.8 Å². The van der Waals surface area contributed by atoms with Gasteiger partial charge in [-0.05, 0) is 17.7 Å². The second kappa shape index (κ2) is 8.52. The van der Waals surface area contributed by atoms with E-state index in [0.29, 0.717) is 17.0 Å². The highest BCUT2D eigenvalue weighted by molar-refractivity contribution is 8.14. The zero-order valence-electron chi connectivity index (χ0n) is 17.5. The van der Waals surface area contributed by atoms with E-state index in [4.69, 9.17) is 9.47 Å². The minimum atomic E-state index is -1.57. The summed E-state index contributed by atoms with van der Waals surface area (Å²) < 4.78 is 10.9. The first-order valence-electron chi connectivity index (χ1n) is 9.61. The number of esters is 1. The van der Waals surface area contributed by atoms with E-state index >= 15 is 0 Å². The predicted molar refractivity (Wildman–Crippen MR) is 117 cm³/mol. The number of anilines is 1. The lowest BCUT2D eigenvalue weighted by Crippen LogP contribution is -2.42. The van der Waals surface area contributed by atoms with E-state index in [1.165, 1.54) is 0 Å². The van der Waals surface area contributed by atoms with Gasteiger partial charge in [0.1, 0.15) is 12.2 Å². The Morgan fingerprint density at radius 2 is 1.73 bits per heavy atom. The molecule has 1 atom stereocenters. The maximum atomic E-state index is 13.1. The average molecular weight is 428 g/mol. The van der Waals surface area contributed by atoms with Gasteiger partial charge in [-0.2, -0.15) is 0 Å². The molecule has 0 radical (unpaired) electrons. The molecule has 2 aromatic rings. The van der Waals surface area contributed by atoms with Crippen molar-refractivity contribution in [1.82, 2.24) is 0 Å². The molecule has 0 fully saturated rings. The smallest absolute Gasteiger partial charge is 0.315 e. The van der Waals surface area contributed by atoms with E-state index in [0.717, 1.165) is 17.3 Å². The number of carbonyl (C=O) groups excluding carboxylic acids is 3. The molecule has 0 aromatic heterocycles. The largest absolute Gasteiger partial charge is 0.496 e. The first-order chi connectivity index (χ1) is 14.1. The van der Waals surface area contributed by atoms with Crippen LogP contribution in [0.3, 0.4) is 0 Å². The van der Waals surface area contributed by atoms with Gasteiger partial charge in [0, 0.05) is 22.4 Å². The summed E-state index contributed by atoms with van der Waals surface area (Å²) in [4.78, 5) is 38.1. The number of hydrogen-bond donors (Lipinski definition) is 1. The normalized spacial score (nSPS) is 17.8. The highest BCUT2D eigenvalue weighted by Gasteiger charge is 2.51. The van der Waals surface area contributed by atoms with Crippen molar-refractivity contribution in [2.24, 2.45) is 0 Å². The van der Waals surface area contributed by atoms with Crippen molar-refractivity contribution in [2.75, 3.05) is 12.4 Å². The number of fused-ring (bicyclic) bond motifs is 1. The van der Waals surface area contributed by atoms with Crippen LogP contribution in [0.1, 0.15) is 38.3 Å². The van der Waals surface area contributed by atoms with Gasteiger partial charge >= 0.3 is 5.97 Å². The van der Waals surface area contributed by atoms with Crippen LogP contribution in [0, 0.1) is 0 Å². The van der Waals surface area contributed by atoms with Gasteiger partial charge in [0.2, 0.25) is 10.7 Å². The number of ether oxygens (including phenoxy) is 2. The Balaban J connectivity index is 1.95. The van der Waals surface area contributed by atoms with Gasteiger partial charge in [0.05, 0.1) is 7.11 Å². The molecule has 0 saturated carbocycles. The number of amides is 1. The number of benzene rings is 2. The third-order valence-corrected chi connectivity index (χ3v) is 5.59. The first-order valence-corrected chi connectivity index (χ1v) is 10.4. The highest BCUT2D eigenvalue weighted by Crippen LogP contribution is 2.43. The summed E-state index contributed by atoms with van der Waals surface area (Å²) >= 11 is 1.08. The molecule has 158 valence electrons. The predicted octanol–water partition coefficient (Wildman–Crippen LogP) is 4.08. The molecule has 0 aliphatic carbocycles. The summed E-state index contributed by atoms with van der Waals surface area (Å²) in [6.07, 6.45) is -0.322. The Morgan fingerprint density at radius 3 is 2.43 bits per heavy atom. The van der Waals surface area contributed by atoms with Crippen molar-refractivity contribution in [3.05, 3.63) is 59.7 Å². The second-order valence-electron chi connectivity index (χ2n) is 8.05. The monoisotopic (exact) mass is 427 g/mol. The molecule has 3 rings (SSSR count). The summed E-state index contributed by atoms with van der Waals surface area (Å²) in [5.41, 5.74) is 0.287. The second-order valence-corrected chi connectivity index (χ2v) is 9.94. The Labute approximate surface area is 180 Å². The maximum Gasteiger partial charge on any atom is 0.315 e. The summed E-state index contributed by atoms with van der Waals surface area (Å²) in [7, 11) is 1.54. The van der Waals surface area contributed by atoms with E-state index in [9.17, 15) is 14.4 Å². The minimum absolute atomic E-state index is 0.0895. The fraction of sp³-hybridized carbons (Fsp3) is 0.348. The van der Waals surface area contributed by atoms with E-state index in [1.807, 2.05) is 39.0 Å². The summed E-state index contributed by atoms with van der Waals surface area (Å²) in [6, 6.07) is 14.3.